The molecule has 0 aliphatic heterocycles. The molecule has 0 unspecified atom stereocenters. The van der Waals surface area contributed by atoms with Crippen LogP contribution in [0.25, 0.3) is 0 Å². The highest BCUT2D eigenvalue weighted by atomic mass is 79.9. The van der Waals surface area contributed by atoms with E-state index in [1.54, 1.807) is 24.3 Å². The van der Waals surface area contributed by atoms with Crippen LogP contribution in [0.2, 0.25) is 5.02 Å². The monoisotopic (exact) mass is 355 g/mol. The minimum atomic E-state index is -0.268. The Morgan fingerprint density at radius 1 is 1.25 bits per heavy atom. The summed E-state index contributed by atoms with van der Waals surface area (Å²) in [6.45, 7) is 0.447. The van der Waals surface area contributed by atoms with Gasteiger partial charge in [-0.15, -0.1) is 0 Å². The van der Waals surface area contributed by atoms with Crippen LogP contribution in [-0.2, 0) is 6.42 Å². The lowest BCUT2D eigenvalue weighted by Crippen LogP contribution is -2.25. The summed E-state index contributed by atoms with van der Waals surface area (Å²) in [4.78, 5) is 11.9. The lowest BCUT2D eigenvalue weighted by atomic mass is 10.1. The third-order valence-corrected chi connectivity index (χ3v) is 3.98. The Balaban J connectivity index is 1.90. The molecule has 0 saturated carbocycles. The first-order valence-electron chi connectivity index (χ1n) is 6.04. The first-order chi connectivity index (χ1) is 9.56. The summed E-state index contributed by atoms with van der Waals surface area (Å²) in [5, 5.41) is 3.35. The van der Waals surface area contributed by atoms with Crippen molar-refractivity contribution < 1.29 is 9.18 Å². The summed E-state index contributed by atoms with van der Waals surface area (Å²) in [6, 6.07) is 11.3. The van der Waals surface area contributed by atoms with Gasteiger partial charge in [-0.3, -0.25) is 4.79 Å². The van der Waals surface area contributed by atoms with E-state index in [1.807, 2.05) is 6.07 Å². The molecule has 0 spiro atoms. The lowest BCUT2D eigenvalue weighted by molar-refractivity contribution is 0.0954. The van der Waals surface area contributed by atoms with E-state index >= 15 is 0 Å². The van der Waals surface area contributed by atoms with Crippen LogP contribution in [0, 0.1) is 5.82 Å². The maximum absolute atomic E-state index is 13.0. The normalized spacial score (nSPS) is 10.3. The average Bonchev–Trinajstić information content (AvgIpc) is 2.42. The zero-order valence-corrected chi connectivity index (χ0v) is 12.8. The zero-order valence-electron chi connectivity index (χ0n) is 10.5. The molecular weight excluding hydrogens is 345 g/mol. The average molecular weight is 357 g/mol. The molecule has 2 aromatic rings. The molecule has 2 nitrogen and oxygen atoms in total. The van der Waals surface area contributed by atoms with E-state index in [-0.39, 0.29) is 11.7 Å². The van der Waals surface area contributed by atoms with Crippen LogP contribution in [0.4, 0.5) is 4.39 Å². The van der Waals surface area contributed by atoms with Crippen molar-refractivity contribution in [3.63, 3.8) is 0 Å². The first kappa shape index (κ1) is 15.0. The fourth-order valence-corrected chi connectivity index (χ4v) is 2.25. The second-order valence-electron chi connectivity index (χ2n) is 4.26. The molecule has 0 aliphatic rings. The molecule has 0 heterocycles. The molecule has 0 radical (unpaired) electrons. The van der Waals surface area contributed by atoms with Crippen LogP contribution >= 0.6 is 27.5 Å². The van der Waals surface area contributed by atoms with Crippen LogP contribution in [0.15, 0.2) is 46.9 Å². The number of carbonyl (C=O) groups excluding carboxylic acids is 1. The van der Waals surface area contributed by atoms with Crippen molar-refractivity contribution in [3.8, 4) is 0 Å². The van der Waals surface area contributed by atoms with Crippen molar-refractivity contribution in [2.75, 3.05) is 6.54 Å². The summed E-state index contributed by atoms with van der Waals surface area (Å²) in [5.41, 5.74) is 1.38. The van der Waals surface area contributed by atoms with E-state index in [1.165, 1.54) is 12.1 Å². The number of hydrogen-bond donors (Lipinski definition) is 1. The fourth-order valence-electron chi connectivity index (χ4n) is 1.75. The molecule has 0 fully saturated rings. The molecule has 1 amide bonds. The quantitative estimate of drug-likeness (QED) is 0.873. The van der Waals surface area contributed by atoms with Crippen LogP contribution in [0.5, 0.6) is 0 Å². The Kier molecular flexibility index (Phi) is 5.15. The minimum absolute atomic E-state index is 0.182. The van der Waals surface area contributed by atoms with Gasteiger partial charge in [0.15, 0.2) is 0 Å². The largest absolute Gasteiger partial charge is 0.352 e. The van der Waals surface area contributed by atoms with Crippen LogP contribution in [-0.4, -0.2) is 12.5 Å². The van der Waals surface area contributed by atoms with Crippen molar-refractivity contribution in [2.45, 2.75) is 6.42 Å². The molecule has 0 atom stereocenters. The molecule has 20 heavy (non-hydrogen) atoms. The second kappa shape index (κ2) is 6.86. The van der Waals surface area contributed by atoms with Crippen molar-refractivity contribution in [1.82, 2.24) is 5.32 Å². The number of rotatable bonds is 4. The summed E-state index contributed by atoms with van der Waals surface area (Å²) >= 11 is 9.14. The SMILES string of the molecule is O=C(NCCc1cccc(F)c1)c1ccc(Cl)c(Br)c1. The van der Waals surface area contributed by atoms with Crippen molar-refractivity contribution in [1.29, 1.82) is 0 Å². The molecule has 1 N–H and O–H groups in total. The van der Waals surface area contributed by atoms with Gasteiger partial charge in [-0.1, -0.05) is 23.7 Å². The topological polar surface area (TPSA) is 29.1 Å². The van der Waals surface area contributed by atoms with E-state index in [4.69, 9.17) is 11.6 Å². The minimum Gasteiger partial charge on any atom is -0.352 e. The second-order valence-corrected chi connectivity index (χ2v) is 5.53. The highest BCUT2D eigenvalue weighted by Gasteiger charge is 2.07. The van der Waals surface area contributed by atoms with Gasteiger partial charge < -0.3 is 5.32 Å². The van der Waals surface area contributed by atoms with Crippen LogP contribution < -0.4 is 5.32 Å². The third kappa shape index (κ3) is 4.05. The molecule has 0 saturated heterocycles. The van der Waals surface area contributed by atoms with Gasteiger partial charge in [-0.05, 0) is 58.2 Å². The first-order valence-corrected chi connectivity index (χ1v) is 7.21. The van der Waals surface area contributed by atoms with Gasteiger partial charge in [-0.25, -0.2) is 4.39 Å². The summed E-state index contributed by atoms with van der Waals surface area (Å²) in [6.07, 6.45) is 0.582. The molecular formula is C15H12BrClFNO. The van der Waals surface area contributed by atoms with Crippen molar-refractivity contribution in [2.24, 2.45) is 0 Å². The number of benzene rings is 2. The Morgan fingerprint density at radius 3 is 2.75 bits per heavy atom. The zero-order chi connectivity index (χ0) is 14.5. The van der Waals surface area contributed by atoms with Gasteiger partial charge >= 0.3 is 0 Å². The molecule has 104 valence electrons. The highest BCUT2D eigenvalue weighted by Crippen LogP contribution is 2.23. The lowest BCUT2D eigenvalue weighted by Gasteiger charge is -2.06. The molecule has 2 rings (SSSR count). The standard InChI is InChI=1S/C15H12BrClFNO/c16-13-9-11(4-5-14(13)17)15(20)19-7-6-10-2-1-3-12(18)8-10/h1-5,8-9H,6-7H2,(H,19,20). The van der Waals surface area contributed by atoms with E-state index in [9.17, 15) is 9.18 Å². The Hall–Kier alpha value is -1.39. The Labute approximate surface area is 130 Å². The van der Waals surface area contributed by atoms with Gasteiger partial charge in [0.05, 0.1) is 5.02 Å². The number of nitrogens with one attached hydrogen (secondary N) is 1. The van der Waals surface area contributed by atoms with E-state index in [0.29, 0.717) is 28.0 Å². The van der Waals surface area contributed by atoms with E-state index in [2.05, 4.69) is 21.2 Å². The number of amides is 1. The number of halogens is 3. The predicted molar refractivity (Wildman–Crippen MR) is 81.6 cm³/mol. The number of hydrogen-bond acceptors (Lipinski definition) is 1. The molecule has 5 heteroatoms. The highest BCUT2D eigenvalue weighted by molar-refractivity contribution is 9.10. The molecule has 0 aromatic heterocycles. The van der Waals surface area contributed by atoms with Crippen LogP contribution in [0.3, 0.4) is 0 Å². The Morgan fingerprint density at radius 2 is 2.05 bits per heavy atom. The van der Waals surface area contributed by atoms with Crippen LogP contribution in [0.1, 0.15) is 15.9 Å². The Bertz CT molecular complexity index is 633. The van der Waals surface area contributed by atoms with E-state index < -0.39 is 0 Å². The van der Waals surface area contributed by atoms with Gasteiger partial charge in [-0.2, -0.15) is 0 Å². The third-order valence-electron chi connectivity index (χ3n) is 2.77. The smallest absolute Gasteiger partial charge is 0.251 e. The van der Waals surface area contributed by atoms with Gasteiger partial charge in [0.1, 0.15) is 5.82 Å². The molecule has 0 bridgehead atoms. The van der Waals surface area contributed by atoms with E-state index in [0.717, 1.165) is 5.56 Å². The maximum Gasteiger partial charge on any atom is 0.251 e. The summed E-state index contributed by atoms with van der Waals surface area (Å²) in [5.74, 6) is -0.450. The van der Waals surface area contributed by atoms with Gasteiger partial charge in [0.2, 0.25) is 0 Å². The van der Waals surface area contributed by atoms with Crippen molar-refractivity contribution in [3.05, 3.63) is 68.9 Å². The van der Waals surface area contributed by atoms with Gasteiger partial charge in [0, 0.05) is 16.6 Å². The number of carbonyl (C=O) groups is 1. The summed E-state index contributed by atoms with van der Waals surface area (Å²) in [7, 11) is 0. The maximum atomic E-state index is 13.0. The van der Waals surface area contributed by atoms with Crippen molar-refractivity contribution >= 4 is 33.4 Å². The predicted octanol–water partition coefficient (Wildman–Crippen LogP) is 4.21. The van der Waals surface area contributed by atoms with Gasteiger partial charge in [0.25, 0.3) is 5.91 Å². The molecule has 0 aliphatic carbocycles. The fraction of sp³-hybridized carbons (Fsp3) is 0.133. The summed E-state index contributed by atoms with van der Waals surface area (Å²) < 4.78 is 13.7. The molecule has 2 aromatic carbocycles.